The molecule has 0 radical (unpaired) electrons. The van der Waals surface area contributed by atoms with Crippen molar-refractivity contribution < 1.29 is 19.1 Å². The van der Waals surface area contributed by atoms with Crippen molar-refractivity contribution in [1.29, 1.82) is 0 Å². The van der Waals surface area contributed by atoms with Gasteiger partial charge in [0, 0.05) is 11.8 Å². The Balaban J connectivity index is 2.25. The first-order valence-corrected chi connectivity index (χ1v) is 7.15. The molecule has 2 N–H and O–H groups in total. The Morgan fingerprint density at radius 2 is 1.87 bits per heavy atom. The van der Waals surface area contributed by atoms with Gasteiger partial charge in [-0.2, -0.15) is 5.10 Å². The predicted octanol–water partition coefficient (Wildman–Crippen LogP) is 2.16. The minimum Gasteiger partial charge on any atom is -0.480 e. The molecule has 1 aromatic heterocycles. The number of halogens is 1. The number of hydrogen-bond acceptors (Lipinski definition) is 3. The van der Waals surface area contributed by atoms with Gasteiger partial charge in [0.15, 0.2) is 5.69 Å². The van der Waals surface area contributed by atoms with E-state index in [9.17, 15) is 14.0 Å². The number of amides is 1. The Labute approximate surface area is 132 Å². The van der Waals surface area contributed by atoms with E-state index in [1.807, 2.05) is 0 Å². The summed E-state index contributed by atoms with van der Waals surface area (Å²) in [5.74, 6) is -2.26. The van der Waals surface area contributed by atoms with Crippen molar-refractivity contribution in [2.75, 3.05) is 0 Å². The van der Waals surface area contributed by atoms with Crippen molar-refractivity contribution in [1.82, 2.24) is 15.1 Å². The maximum atomic E-state index is 13.0. The number of nitrogens with one attached hydrogen (secondary N) is 1. The first-order valence-electron chi connectivity index (χ1n) is 7.15. The lowest BCUT2D eigenvalue weighted by atomic mass is 10.0. The van der Waals surface area contributed by atoms with Gasteiger partial charge in [0.2, 0.25) is 0 Å². The van der Waals surface area contributed by atoms with Crippen molar-refractivity contribution in [2.45, 2.75) is 26.8 Å². The van der Waals surface area contributed by atoms with Gasteiger partial charge in [-0.3, -0.25) is 4.79 Å². The second-order valence-corrected chi connectivity index (χ2v) is 5.62. The fraction of sp³-hybridized carbons (Fsp3) is 0.312. The number of carboxylic acid groups (broad SMARTS) is 1. The van der Waals surface area contributed by atoms with Crippen LogP contribution in [0.15, 0.2) is 30.5 Å². The SMILES string of the molecule is Cc1cn(-c2ccc(F)cc2)nc1C(=O)N[C@@H](C(=O)O)C(C)C. The zero-order valence-electron chi connectivity index (χ0n) is 13.1. The zero-order valence-corrected chi connectivity index (χ0v) is 13.1. The third-order valence-electron chi connectivity index (χ3n) is 3.42. The second kappa shape index (κ2) is 6.60. The fourth-order valence-corrected chi connectivity index (χ4v) is 2.13. The molecular formula is C16H18FN3O3. The van der Waals surface area contributed by atoms with E-state index in [1.165, 1.54) is 28.9 Å². The molecule has 0 saturated carbocycles. The standard InChI is InChI=1S/C16H18FN3O3/c1-9(2)13(16(22)23)18-15(21)14-10(3)8-20(19-14)12-6-4-11(17)5-7-12/h4-9,13H,1-3H3,(H,18,21)(H,22,23)/t13-/m1/s1. The van der Waals surface area contributed by atoms with Gasteiger partial charge in [-0.05, 0) is 37.1 Å². The Hall–Kier alpha value is -2.70. The van der Waals surface area contributed by atoms with Crippen molar-refractivity contribution in [3.63, 3.8) is 0 Å². The Kier molecular flexibility index (Phi) is 4.78. The summed E-state index contributed by atoms with van der Waals surface area (Å²) in [5, 5.41) is 15.8. The predicted molar refractivity (Wildman–Crippen MR) is 82.0 cm³/mol. The highest BCUT2D eigenvalue weighted by Crippen LogP contribution is 2.13. The summed E-state index contributed by atoms with van der Waals surface area (Å²) in [6, 6.07) is 4.68. The molecule has 1 amide bonds. The van der Waals surface area contributed by atoms with Crippen molar-refractivity contribution in [3.05, 3.63) is 47.5 Å². The first-order chi connectivity index (χ1) is 10.8. The summed E-state index contributed by atoms with van der Waals surface area (Å²) in [6.45, 7) is 5.12. The van der Waals surface area contributed by atoms with Gasteiger partial charge in [0.05, 0.1) is 5.69 Å². The number of carbonyl (C=O) groups excluding carboxylic acids is 1. The number of carbonyl (C=O) groups is 2. The number of hydrogen-bond donors (Lipinski definition) is 2. The molecular weight excluding hydrogens is 301 g/mol. The monoisotopic (exact) mass is 319 g/mol. The number of nitrogens with zero attached hydrogens (tertiary/aromatic N) is 2. The van der Waals surface area contributed by atoms with E-state index in [0.29, 0.717) is 11.3 Å². The minimum atomic E-state index is -1.09. The first kappa shape index (κ1) is 16.7. The molecule has 1 atom stereocenters. The van der Waals surface area contributed by atoms with Crippen LogP contribution in [0.25, 0.3) is 5.69 Å². The van der Waals surface area contributed by atoms with E-state index in [0.717, 1.165) is 0 Å². The molecule has 0 unspecified atom stereocenters. The molecule has 6 nitrogen and oxygen atoms in total. The van der Waals surface area contributed by atoms with Crippen LogP contribution in [-0.2, 0) is 4.79 Å². The summed E-state index contributed by atoms with van der Waals surface area (Å²) in [6.07, 6.45) is 1.63. The maximum absolute atomic E-state index is 13.0. The van der Waals surface area contributed by atoms with Crippen LogP contribution in [-0.4, -0.2) is 32.8 Å². The summed E-state index contributed by atoms with van der Waals surface area (Å²) in [5.41, 5.74) is 1.34. The number of aromatic nitrogens is 2. The molecule has 0 aliphatic rings. The summed E-state index contributed by atoms with van der Waals surface area (Å²) < 4.78 is 14.4. The van der Waals surface area contributed by atoms with Crippen LogP contribution in [0.1, 0.15) is 29.9 Å². The summed E-state index contributed by atoms with van der Waals surface area (Å²) in [4.78, 5) is 23.4. The van der Waals surface area contributed by atoms with E-state index >= 15 is 0 Å². The molecule has 2 rings (SSSR count). The van der Waals surface area contributed by atoms with Crippen LogP contribution >= 0.6 is 0 Å². The van der Waals surface area contributed by atoms with Crippen LogP contribution < -0.4 is 5.32 Å². The van der Waals surface area contributed by atoms with Gasteiger partial charge in [0.25, 0.3) is 5.91 Å². The number of carboxylic acids is 1. The van der Waals surface area contributed by atoms with Gasteiger partial charge in [0.1, 0.15) is 11.9 Å². The van der Waals surface area contributed by atoms with E-state index in [4.69, 9.17) is 5.11 Å². The fourth-order valence-electron chi connectivity index (χ4n) is 2.13. The number of aryl methyl sites for hydroxylation is 1. The molecule has 2 aromatic rings. The van der Waals surface area contributed by atoms with E-state index in [-0.39, 0.29) is 17.4 Å². The van der Waals surface area contributed by atoms with Crippen LogP contribution in [0, 0.1) is 18.7 Å². The Bertz CT molecular complexity index is 723. The maximum Gasteiger partial charge on any atom is 0.326 e. The molecule has 1 aromatic carbocycles. The van der Waals surface area contributed by atoms with Crippen LogP contribution in [0.5, 0.6) is 0 Å². The highest BCUT2D eigenvalue weighted by molar-refractivity contribution is 5.96. The summed E-state index contributed by atoms with van der Waals surface area (Å²) in [7, 11) is 0. The summed E-state index contributed by atoms with van der Waals surface area (Å²) >= 11 is 0. The van der Waals surface area contributed by atoms with Gasteiger partial charge < -0.3 is 10.4 Å². The molecule has 23 heavy (non-hydrogen) atoms. The van der Waals surface area contributed by atoms with Crippen LogP contribution in [0.3, 0.4) is 0 Å². The normalized spacial score (nSPS) is 12.2. The lowest BCUT2D eigenvalue weighted by molar-refractivity contribution is -0.140. The van der Waals surface area contributed by atoms with E-state index in [2.05, 4.69) is 10.4 Å². The molecule has 0 bridgehead atoms. The van der Waals surface area contributed by atoms with Gasteiger partial charge in [-0.15, -0.1) is 0 Å². The lowest BCUT2D eigenvalue weighted by Crippen LogP contribution is -2.44. The van der Waals surface area contributed by atoms with E-state index < -0.39 is 17.9 Å². The second-order valence-electron chi connectivity index (χ2n) is 5.62. The minimum absolute atomic E-state index is 0.140. The zero-order chi connectivity index (χ0) is 17.1. The van der Waals surface area contributed by atoms with E-state index in [1.54, 1.807) is 27.0 Å². The molecule has 0 aliphatic heterocycles. The topological polar surface area (TPSA) is 84.2 Å². The Morgan fingerprint density at radius 1 is 1.26 bits per heavy atom. The third kappa shape index (κ3) is 3.74. The highest BCUT2D eigenvalue weighted by Gasteiger charge is 2.26. The molecule has 0 fully saturated rings. The van der Waals surface area contributed by atoms with Crippen LogP contribution in [0.4, 0.5) is 4.39 Å². The molecule has 0 aliphatic carbocycles. The van der Waals surface area contributed by atoms with Crippen molar-refractivity contribution >= 4 is 11.9 Å². The van der Waals surface area contributed by atoms with Crippen LogP contribution in [0.2, 0.25) is 0 Å². The van der Waals surface area contributed by atoms with Gasteiger partial charge in [-0.25, -0.2) is 13.9 Å². The molecule has 1 heterocycles. The van der Waals surface area contributed by atoms with Gasteiger partial charge in [-0.1, -0.05) is 13.8 Å². The lowest BCUT2D eigenvalue weighted by Gasteiger charge is -2.17. The highest BCUT2D eigenvalue weighted by atomic mass is 19.1. The number of aliphatic carboxylic acids is 1. The van der Waals surface area contributed by atoms with Crippen molar-refractivity contribution in [3.8, 4) is 5.69 Å². The average Bonchev–Trinajstić information content (AvgIpc) is 2.86. The smallest absolute Gasteiger partial charge is 0.326 e. The molecule has 0 saturated heterocycles. The Morgan fingerprint density at radius 3 is 2.39 bits per heavy atom. The van der Waals surface area contributed by atoms with Gasteiger partial charge >= 0.3 is 5.97 Å². The third-order valence-corrected chi connectivity index (χ3v) is 3.42. The average molecular weight is 319 g/mol. The molecule has 122 valence electrons. The number of benzene rings is 1. The molecule has 0 spiro atoms. The van der Waals surface area contributed by atoms with Crippen molar-refractivity contribution in [2.24, 2.45) is 5.92 Å². The quantitative estimate of drug-likeness (QED) is 0.884. The largest absolute Gasteiger partial charge is 0.480 e. The molecule has 7 heteroatoms. The number of rotatable bonds is 5.